The van der Waals surface area contributed by atoms with Crippen molar-refractivity contribution in [2.45, 2.75) is 6.92 Å². The molecule has 0 aliphatic heterocycles. The highest BCUT2D eigenvalue weighted by Crippen LogP contribution is 2.22. The summed E-state index contributed by atoms with van der Waals surface area (Å²) in [6.07, 6.45) is 1.45. The first-order valence-electron chi connectivity index (χ1n) is 5.63. The Labute approximate surface area is 108 Å². The van der Waals surface area contributed by atoms with Gasteiger partial charge in [-0.2, -0.15) is 5.10 Å². The first-order chi connectivity index (χ1) is 9.20. The molecule has 19 heavy (non-hydrogen) atoms. The van der Waals surface area contributed by atoms with Crippen LogP contribution in [0.3, 0.4) is 0 Å². The molecule has 6 heteroatoms. The van der Waals surface area contributed by atoms with Crippen molar-refractivity contribution in [2.75, 3.05) is 6.61 Å². The number of ether oxygens (including phenoxy) is 1. The van der Waals surface area contributed by atoms with E-state index < -0.39 is 11.5 Å². The predicted molar refractivity (Wildman–Crippen MR) is 70.3 cm³/mol. The van der Waals surface area contributed by atoms with Crippen molar-refractivity contribution in [3.05, 3.63) is 40.8 Å². The molecule has 0 fully saturated rings. The summed E-state index contributed by atoms with van der Waals surface area (Å²) in [7, 11) is 0. The molecule has 1 N–H and O–H groups in total. The number of carbonyl (C=O) groups excluding carboxylic acids is 1. The summed E-state index contributed by atoms with van der Waals surface area (Å²) in [5.41, 5.74) is 2.16. The first-order valence-corrected chi connectivity index (χ1v) is 5.63. The second-order valence-electron chi connectivity index (χ2n) is 3.64. The number of hydrogen-bond acceptors (Lipinski definition) is 5. The van der Waals surface area contributed by atoms with Crippen molar-refractivity contribution in [3.63, 3.8) is 0 Å². The zero-order valence-electron chi connectivity index (χ0n) is 10.3. The largest absolute Gasteiger partial charge is 0.483 e. The van der Waals surface area contributed by atoms with Gasteiger partial charge >= 0.3 is 5.63 Å². The third-order valence-electron chi connectivity index (χ3n) is 2.29. The molecule has 2 aromatic rings. The van der Waals surface area contributed by atoms with Crippen LogP contribution in [0.15, 0.2) is 44.6 Å². The number of rotatable bonds is 4. The SMILES string of the molecule is CC=NNC(=O)COc1cc(=O)oc2ccccc12. The molecule has 0 aliphatic rings. The fourth-order valence-electron chi connectivity index (χ4n) is 1.51. The van der Waals surface area contributed by atoms with E-state index in [1.54, 1.807) is 31.2 Å². The van der Waals surface area contributed by atoms with Crippen LogP contribution in [0.1, 0.15) is 6.92 Å². The van der Waals surface area contributed by atoms with Gasteiger partial charge < -0.3 is 9.15 Å². The van der Waals surface area contributed by atoms with Crippen LogP contribution >= 0.6 is 0 Å². The van der Waals surface area contributed by atoms with Crippen molar-refractivity contribution in [3.8, 4) is 5.75 Å². The van der Waals surface area contributed by atoms with Gasteiger partial charge in [0.05, 0.1) is 11.5 Å². The second-order valence-corrected chi connectivity index (χ2v) is 3.64. The molecule has 0 saturated carbocycles. The monoisotopic (exact) mass is 260 g/mol. The Balaban J connectivity index is 2.20. The van der Waals surface area contributed by atoms with Gasteiger partial charge in [-0.05, 0) is 19.1 Å². The number of benzene rings is 1. The van der Waals surface area contributed by atoms with Crippen LogP contribution in [0.4, 0.5) is 0 Å². The van der Waals surface area contributed by atoms with Gasteiger partial charge in [-0.1, -0.05) is 12.1 Å². The van der Waals surface area contributed by atoms with Crippen molar-refractivity contribution in [1.82, 2.24) is 5.43 Å². The normalized spacial score (nSPS) is 10.8. The van der Waals surface area contributed by atoms with Crippen LogP contribution in [0, 0.1) is 0 Å². The van der Waals surface area contributed by atoms with E-state index in [1.807, 2.05) is 0 Å². The van der Waals surface area contributed by atoms with Gasteiger partial charge in [-0.15, -0.1) is 0 Å². The Morgan fingerprint density at radius 1 is 1.47 bits per heavy atom. The Morgan fingerprint density at radius 2 is 2.26 bits per heavy atom. The predicted octanol–water partition coefficient (Wildman–Crippen LogP) is 1.29. The van der Waals surface area contributed by atoms with Gasteiger partial charge in [0.15, 0.2) is 6.61 Å². The Kier molecular flexibility index (Phi) is 3.92. The number of hydrogen-bond donors (Lipinski definition) is 1. The van der Waals surface area contributed by atoms with Gasteiger partial charge in [0.25, 0.3) is 5.91 Å². The molecule has 6 nitrogen and oxygen atoms in total. The molecule has 0 radical (unpaired) electrons. The molecule has 1 aromatic carbocycles. The fourth-order valence-corrected chi connectivity index (χ4v) is 1.51. The molecule has 98 valence electrons. The van der Waals surface area contributed by atoms with E-state index in [2.05, 4.69) is 10.5 Å². The maximum Gasteiger partial charge on any atom is 0.339 e. The molecule has 0 aliphatic carbocycles. The van der Waals surface area contributed by atoms with E-state index in [9.17, 15) is 9.59 Å². The van der Waals surface area contributed by atoms with E-state index in [1.165, 1.54) is 12.3 Å². The number of amides is 1. The summed E-state index contributed by atoms with van der Waals surface area (Å²) in [6.45, 7) is 1.45. The van der Waals surface area contributed by atoms with Crippen LogP contribution in [0.5, 0.6) is 5.75 Å². The number of nitrogens with one attached hydrogen (secondary N) is 1. The quantitative estimate of drug-likeness (QED) is 0.510. The average Bonchev–Trinajstić information content (AvgIpc) is 2.42. The van der Waals surface area contributed by atoms with Crippen molar-refractivity contribution < 1.29 is 13.9 Å². The number of hydrazone groups is 1. The summed E-state index contributed by atoms with van der Waals surface area (Å²) in [5, 5.41) is 4.21. The van der Waals surface area contributed by atoms with E-state index in [0.717, 1.165) is 0 Å². The van der Waals surface area contributed by atoms with Crippen LogP contribution < -0.4 is 15.8 Å². The lowest BCUT2D eigenvalue weighted by Gasteiger charge is -2.07. The third-order valence-corrected chi connectivity index (χ3v) is 2.29. The summed E-state index contributed by atoms with van der Waals surface area (Å²) in [5.74, 6) is -0.0992. The molecule has 1 heterocycles. The van der Waals surface area contributed by atoms with E-state index in [-0.39, 0.29) is 6.61 Å². The van der Waals surface area contributed by atoms with E-state index in [0.29, 0.717) is 16.7 Å². The van der Waals surface area contributed by atoms with Crippen LogP contribution in [0.25, 0.3) is 11.0 Å². The molecule has 0 atom stereocenters. The smallest absolute Gasteiger partial charge is 0.339 e. The van der Waals surface area contributed by atoms with Gasteiger partial charge in [-0.25, -0.2) is 10.2 Å². The van der Waals surface area contributed by atoms with Crippen molar-refractivity contribution in [2.24, 2.45) is 5.10 Å². The number of nitrogens with zero attached hydrogens (tertiary/aromatic N) is 1. The summed E-state index contributed by atoms with van der Waals surface area (Å²) in [6, 6.07) is 8.15. The standard InChI is InChI=1S/C13H12N2O4/c1-2-14-15-12(16)8-18-11-7-13(17)19-10-6-4-3-5-9(10)11/h2-7H,8H2,1H3,(H,15,16). The molecule has 2 rings (SSSR count). The maximum atomic E-state index is 11.4. The molecular weight excluding hydrogens is 248 g/mol. The lowest BCUT2D eigenvalue weighted by atomic mass is 10.2. The van der Waals surface area contributed by atoms with Gasteiger partial charge in [0.1, 0.15) is 11.3 Å². The average molecular weight is 260 g/mol. The number of fused-ring (bicyclic) bond motifs is 1. The summed E-state index contributed by atoms with van der Waals surface area (Å²) in [4.78, 5) is 22.7. The molecule has 0 spiro atoms. The minimum Gasteiger partial charge on any atom is -0.483 e. The molecule has 0 bridgehead atoms. The number of para-hydroxylation sites is 1. The van der Waals surface area contributed by atoms with Crippen LogP contribution in [-0.4, -0.2) is 18.7 Å². The molecule has 1 aromatic heterocycles. The number of carbonyl (C=O) groups is 1. The van der Waals surface area contributed by atoms with Gasteiger partial charge in [-0.3, -0.25) is 4.79 Å². The summed E-state index contributed by atoms with van der Waals surface area (Å²) >= 11 is 0. The minimum absolute atomic E-state index is 0.231. The highest BCUT2D eigenvalue weighted by molar-refractivity contribution is 5.84. The van der Waals surface area contributed by atoms with Gasteiger partial charge in [0.2, 0.25) is 0 Å². The van der Waals surface area contributed by atoms with Crippen LogP contribution in [-0.2, 0) is 4.79 Å². The highest BCUT2D eigenvalue weighted by Gasteiger charge is 2.08. The molecule has 0 saturated heterocycles. The second kappa shape index (κ2) is 5.81. The Bertz CT molecular complexity index is 676. The Morgan fingerprint density at radius 3 is 3.05 bits per heavy atom. The zero-order chi connectivity index (χ0) is 13.7. The zero-order valence-corrected chi connectivity index (χ0v) is 10.3. The van der Waals surface area contributed by atoms with E-state index >= 15 is 0 Å². The Hall–Kier alpha value is -2.63. The topological polar surface area (TPSA) is 80.9 Å². The first kappa shape index (κ1) is 12.8. The van der Waals surface area contributed by atoms with E-state index in [4.69, 9.17) is 9.15 Å². The minimum atomic E-state index is -0.527. The summed E-state index contributed by atoms with van der Waals surface area (Å²) < 4.78 is 10.3. The highest BCUT2D eigenvalue weighted by atomic mass is 16.5. The lowest BCUT2D eigenvalue weighted by Crippen LogP contribution is -2.24. The lowest BCUT2D eigenvalue weighted by molar-refractivity contribution is -0.123. The van der Waals surface area contributed by atoms with Gasteiger partial charge in [0, 0.05) is 6.21 Å². The molecule has 1 amide bonds. The molecular formula is C13H12N2O4. The third kappa shape index (κ3) is 3.19. The van der Waals surface area contributed by atoms with Crippen molar-refractivity contribution >= 4 is 23.1 Å². The maximum absolute atomic E-state index is 11.4. The van der Waals surface area contributed by atoms with Crippen LogP contribution in [0.2, 0.25) is 0 Å². The molecule has 0 unspecified atom stereocenters. The van der Waals surface area contributed by atoms with Crippen molar-refractivity contribution in [1.29, 1.82) is 0 Å². The fraction of sp³-hybridized carbons (Fsp3) is 0.154.